The molecule has 5 heteroatoms. The number of aromatic nitrogens is 1. The van der Waals surface area contributed by atoms with Gasteiger partial charge in [-0.2, -0.15) is 0 Å². The van der Waals surface area contributed by atoms with E-state index in [1.165, 1.54) is 35.1 Å². The Morgan fingerprint density at radius 2 is 1.79 bits per heavy atom. The number of fused-ring (bicyclic) bond motifs is 1. The second-order valence-electron chi connectivity index (χ2n) is 9.55. The minimum absolute atomic E-state index is 0.179. The van der Waals surface area contributed by atoms with Crippen molar-refractivity contribution in [3.8, 4) is 0 Å². The quantitative estimate of drug-likeness (QED) is 0.770. The number of benzene rings is 1. The van der Waals surface area contributed by atoms with E-state index in [0.29, 0.717) is 12.3 Å². The van der Waals surface area contributed by atoms with Crippen molar-refractivity contribution >= 4 is 11.4 Å². The highest BCUT2D eigenvalue weighted by Gasteiger charge is 2.37. The Bertz CT molecular complexity index is 983. The number of nitrogens with one attached hydrogen (secondary N) is 2. The van der Waals surface area contributed by atoms with Gasteiger partial charge in [0.1, 0.15) is 0 Å². The van der Waals surface area contributed by atoms with Crippen molar-refractivity contribution in [2.24, 2.45) is 5.10 Å². The van der Waals surface area contributed by atoms with Crippen molar-refractivity contribution in [3.05, 3.63) is 76.0 Å². The number of nitrogens with zero attached hydrogens (tertiary/aromatic N) is 3. The number of hydrogen-bond acceptors (Lipinski definition) is 4. The van der Waals surface area contributed by atoms with Crippen molar-refractivity contribution in [2.75, 3.05) is 0 Å². The number of hydrogen-bond donors (Lipinski definition) is 2. The van der Waals surface area contributed by atoms with Gasteiger partial charge in [0.25, 0.3) is 0 Å². The number of hydrazone groups is 1. The molecule has 0 bridgehead atoms. The predicted molar refractivity (Wildman–Crippen MR) is 120 cm³/mol. The van der Waals surface area contributed by atoms with E-state index < -0.39 is 0 Å². The molecule has 0 fully saturated rings. The summed E-state index contributed by atoms with van der Waals surface area (Å²) in [4.78, 5) is 4.68. The molecular formula is C24H30N5-. The molecule has 4 rings (SSSR count). The molecule has 2 heterocycles. The van der Waals surface area contributed by atoms with Crippen LogP contribution in [0.25, 0.3) is 11.0 Å². The fourth-order valence-electron chi connectivity index (χ4n) is 4.36. The zero-order chi connectivity index (χ0) is 20.8. The monoisotopic (exact) mass is 388 g/mol. The maximum absolute atomic E-state index is 4.68. The number of rotatable bonds is 4. The summed E-state index contributed by atoms with van der Waals surface area (Å²) >= 11 is 0. The molecule has 152 valence electrons. The van der Waals surface area contributed by atoms with Crippen molar-refractivity contribution in [3.63, 3.8) is 0 Å². The highest BCUT2D eigenvalue weighted by Crippen LogP contribution is 2.47. The zero-order valence-corrected chi connectivity index (χ0v) is 18.1. The molecule has 0 saturated carbocycles. The fraction of sp³-hybridized carbons (Fsp3) is 0.417. The van der Waals surface area contributed by atoms with E-state index >= 15 is 0 Å². The average molecular weight is 389 g/mol. The highest BCUT2D eigenvalue weighted by molar-refractivity contribution is 5.95. The van der Waals surface area contributed by atoms with Crippen LogP contribution in [-0.4, -0.2) is 10.8 Å². The van der Waals surface area contributed by atoms with Gasteiger partial charge in [0, 0.05) is 11.8 Å². The average Bonchev–Trinajstić information content (AvgIpc) is 3.18. The van der Waals surface area contributed by atoms with E-state index in [0.717, 1.165) is 16.8 Å². The number of hydrazine groups is 1. The Kier molecular flexibility index (Phi) is 4.74. The Balaban J connectivity index is 1.65. The molecule has 1 aliphatic carbocycles. The van der Waals surface area contributed by atoms with E-state index in [1.807, 2.05) is 12.3 Å². The third-order valence-corrected chi connectivity index (χ3v) is 6.44. The van der Waals surface area contributed by atoms with Crippen LogP contribution in [0.5, 0.6) is 0 Å². The first kappa shape index (κ1) is 19.6. The van der Waals surface area contributed by atoms with Crippen molar-refractivity contribution in [2.45, 2.75) is 64.7 Å². The minimum atomic E-state index is 0.179. The molecule has 2 aromatic rings. The topological polar surface area (TPSA) is 63.4 Å². The van der Waals surface area contributed by atoms with Crippen molar-refractivity contribution in [1.29, 1.82) is 0 Å². The van der Waals surface area contributed by atoms with E-state index in [9.17, 15) is 0 Å². The molecule has 0 atom stereocenters. The molecule has 1 aromatic heterocycles. The van der Waals surface area contributed by atoms with Crippen LogP contribution < -0.4 is 11.1 Å². The SMILES string of the molecule is C=C(c1ccc(CC2=NNN[N-]2)cn1)c1cc2c(cc1C)C(C)(C)CCC2(C)C. The largest absolute Gasteiger partial charge is 0.386 e. The van der Waals surface area contributed by atoms with Gasteiger partial charge in [0.15, 0.2) is 0 Å². The fourth-order valence-corrected chi connectivity index (χ4v) is 4.36. The lowest BCUT2D eigenvalue weighted by molar-refractivity contribution is 0.331. The van der Waals surface area contributed by atoms with Crippen LogP contribution in [0.2, 0.25) is 0 Å². The third-order valence-electron chi connectivity index (χ3n) is 6.44. The van der Waals surface area contributed by atoms with Gasteiger partial charge in [-0.05, 0) is 82.8 Å². The maximum atomic E-state index is 4.68. The first-order valence-electron chi connectivity index (χ1n) is 10.2. The first-order chi connectivity index (χ1) is 13.7. The van der Waals surface area contributed by atoms with E-state index in [-0.39, 0.29) is 10.8 Å². The van der Waals surface area contributed by atoms with Gasteiger partial charge in [-0.1, -0.05) is 46.4 Å². The van der Waals surface area contributed by atoms with E-state index in [2.05, 4.69) is 86.0 Å². The molecule has 2 N–H and O–H groups in total. The van der Waals surface area contributed by atoms with Crippen LogP contribution in [0.15, 0.2) is 42.1 Å². The lowest BCUT2D eigenvalue weighted by Crippen LogP contribution is -2.34. The summed E-state index contributed by atoms with van der Waals surface area (Å²) in [5.74, 6) is 0.716. The van der Waals surface area contributed by atoms with Gasteiger partial charge >= 0.3 is 0 Å². The number of amidine groups is 1. The van der Waals surface area contributed by atoms with Crippen LogP contribution in [0.1, 0.15) is 74.0 Å². The summed E-state index contributed by atoms with van der Waals surface area (Å²) in [5.41, 5.74) is 18.0. The van der Waals surface area contributed by atoms with Crippen LogP contribution in [-0.2, 0) is 17.3 Å². The van der Waals surface area contributed by atoms with Crippen LogP contribution >= 0.6 is 0 Å². The Morgan fingerprint density at radius 1 is 1.10 bits per heavy atom. The molecule has 1 aromatic carbocycles. The summed E-state index contributed by atoms with van der Waals surface area (Å²) in [5, 5.41) is 4.06. The molecule has 2 aliphatic rings. The highest BCUT2D eigenvalue weighted by atomic mass is 15.8. The standard InChI is InChI=1S/C24H30N5/c1-15-11-19-20(24(5,6)10-9-23(19,3)4)13-18(15)16(2)21-8-7-17(14-25-21)12-22-26-28-29-27-22/h7-8,11,13-14,28-29H,2,9-10,12H2,1,3-6H3/q-1. The van der Waals surface area contributed by atoms with Crippen molar-refractivity contribution < 1.29 is 0 Å². The predicted octanol–water partition coefficient (Wildman–Crippen LogP) is 5.05. The van der Waals surface area contributed by atoms with Crippen LogP contribution in [0.4, 0.5) is 0 Å². The van der Waals surface area contributed by atoms with Gasteiger partial charge in [-0.25, -0.2) is 5.53 Å². The summed E-state index contributed by atoms with van der Waals surface area (Å²) in [7, 11) is 0. The van der Waals surface area contributed by atoms with Gasteiger partial charge in [0.2, 0.25) is 0 Å². The molecule has 5 nitrogen and oxygen atoms in total. The molecule has 29 heavy (non-hydrogen) atoms. The minimum Gasteiger partial charge on any atom is -0.386 e. The van der Waals surface area contributed by atoms with Crippen LogP contribution in [0.3, 0.4) is 0 Å². The molecule has 0 radical (unpaired) electrons. The Morgan fingerprint density at radius 3 is 2.38 bits per heavy atom. The molecule has 0 saturated heterocycles. The summed E-state index contributed by atoms with van der Waals surface area (Å²) in [6, 6.07) is 8.87. The van der Waals surface area contributed by atoms with Gasteiger partial charge < -0.3 is 16.1 Å². The number of pyridine rings is 1. The normalized spacial score (nSPS) is 19.0. The number of aryl methyl sites for hydroxylation is 1. The summed E-state index contributed by atoms with van der Waals surface area (Å²) in [6.45, 7) is 16.0. The Labute approximate surface area is 173 Å². The maximum Gasteiger partial charge on any atom is 0.0702 e. The Hall–Kier alpha value is -2.66. The summed E-state index contributed by atoms with van der Waals surface area (Å²) < 4.78 is 0. The van der Waals surface area contributed by atoms with Crippen molar-refractivity contribution in [1.82, 2.24) is 16.1 Å². The second kappa shape index (κ2) is 6.99. The second-order valence-corrected chi connectivity index (χ2v) is 9.55. The smallest absolute Gasteiger partial charge is 0.0702 e. The zero-order valence-electron chi connectivity index (χ0n) is 18.1. The van der Waals surface area contributed by atoms with Gasteiger partial charge in [0.05, 0.1) is 5.69 Å². The van der Waals surface area contributed by atoms with Crippen LogP contribution in [0, 0.1) is 6.92 Å². The molecule has 1 aliphatic heterocycles. The lowest BCUT2D eigenvalue weighted by atomic mass is 9.62. The molecular weight excluding hydrogens is 358 g/mol. The molecule has 0 spiro atoms. The third kappa shape index (κ3) is 3.67. The molecule has 0 unspecified atom stereocenters. The van der Waals surface area contributed by atoms with Gasteiger partial charge in [-0.15, -0.1) is 0 Å². The van der Waals surface area contributed by atoms with Gasteiger partial charge in [-0.3, -0.25) is 4.98 Å². The lowest BCUT2D eigenvalue weighted by Gasteiger charge is -2.42. The van der Waals surface area contributed by atoms with E-state index in [4.69, 9.17) is 0 Å². The van der Waals surface area contributed by atoms with E-state index in [1.54, 1.807) is 0 Å². The molecule has 0 amide bonds. The summed E-state index contributed by atoms with van der Waals surface area (Å²) in [6.07, 6.45) is 4.95. The first-order valence-corrected chi connectivity index (χ1v) is 10.2.